The van der Waals surface area contributed by atoms with E-state index < -0.39 is 0 Å². The van der Waals surface area contributed by atoms with Crippen molar-refractivity contribution < 1.29 is 9.53 Å². The molecular weight excluding hydrogens is 176 g/mol. The Morgan fingerprint density at radius 1 is 1.14 bits per heavy atom. The molecule has 0 aromatic rings. The van der Waals surface area contributed by atoms with Crippen LogP contribution in [0.2, 0.25) is 0 Å². The summed E-state index contributed by atoms with van der Waals surface area (Å²) in [6, 6.07) is 0. The number of esters is 1. The molecule has 0 atom stereocenters. The smallest absolute Gasteiger partial charge is 0.330 e. The van der Waals surface area contributed by atoms with Crippen molar-refractivity contribution in [2.75, 3.05) is 7.11 Å². The van der Waals surface area contributed by atoms with Crippen LogP contribution in [0.3, 0.4) is 0 Å². The topological polar surface area (TPSA) is 26.3 Å². The standard InChI is InChI=1S/C12H18O2/c1-14-12(13)8-11(9-4-2-5-9)10-6-3-7-10/h8-10H,2-7H2,1H3. The van der Waals surface area contributed by atoms with Crippen molar-refractivity contribution >= 4 is 5.97 Å². The molecule has 0 unspecified atom stereocenters. The Balaban J connectivity index is 2.03. The summed E-state index contributed by atoms with van der Waals surface area (Å²) in [4.78, 5) is 11.2. The van der Waals surface area contributed by atoms with Gasteiger partial charge in [-0.3, -0.25) is 0 Å². The molecule has 2 aliphatic rings. The Morgan fingerprint density at radius 3 is 1.93 bits per heavy atom. The fourth-order valence-electron chi connectivity index (χ4n) is 2.25. The van der Waals surface area contributed by atoms with Crippen molar-refractivity contribution in [3.8, 4) is 0 Å². The SMILES string of the molecule is COC(=O)C=C(C1CCC1)C1CCC1. The van der Waals surface area contributed by atoms with Gasteiger partial charge in [-0.2, -0.15) is 0 Å². The van der Waals surface area contributed by atoms with E-state index in [1.54, 1.807) is 6.08 Å². The van der Waals surface area contributed by atoms with Gasteiger partial charge in [-0.15, -0.1) is 0 Å². The van der Waals surface area contributed by atoms with Gasteiger partial charge in [0.05, 0.1) is 7.11 Å². The molecule has 0 heterocycles. The van der Waals surface area contributed by atoms with Crippen molar-refractivity contribution in [2.24, 2.45) is 11.8 Å². The van der Waals surface area contributed by atoms with Gasteiger partial charge in [-0.05, 0) is 37.5 Å². The molecule has 0 saturated heterocycles. The number of hydrogen-bond donors (Lipinski definition) is 0. The molecule has 0 N–H and O–H groups in total. The largest absolute Gasteiger partial charge is 0.466 e. The average molecular weight is 194 g/mol. The van der Waals surface area contributed by atoms with Gasteiger partial charge in [0.25, 0.3) is 0 Å². The maximum absolute atomic E-state index is 11.2. The molecule has 0 amide bonds. The molecule has 2 heteroatoms. The minimum Gasteiger partial charge on any atom is -0.466 e. The monoisotopic (exact) mass is 194 g/mol. The molecule has 0 aliphatic heterocycles. The first-order valence-corrected chi connectivity index (χ1v) is 5.60. The van der Waals surface area contributed by atoms with E-state index in [1.165, 1.54) is 51.2 Å². The number of rotatable bonds is 3. The Morgan fingerprint density at radius 2 is 1.64 bits per heavy atom. The third kappa shape index (κ3) is 1.84. The van der Waals surface area contributed by atoms with Crippen LogP contribution in [0, 0.1) is 11.8 Å². The highest BCUT2D eigenvalue weighted by molar-refractivity contribution is 5.82. The normalized spacial score (nSPS) is 22.1. The van der Waals surface area contributed by atoms with E-state index in [-0.39, 0.29) is 5.97 Å². The quantitative estimate of drug-likeness (QED) is 0.510. The molecular formula is C12H18O2. The van der Waals surface area contributed by atoms with E-state index in [9.17, 15) is 4.79 Å². The maximum atomic E-state index is 11.2. The first kappa shape index (κ1) is 9.75. The third-order valence-electron chi connectivity index (χ3n) is 3.64. The van der Waals surface area contributed by atoms with E-state index in [0.717, 1.165) is 0 Å². The first-order valence-electron chi connectivity index (χ1n) is 5.60. The van der Waals surface area contributed by atoms with Gasteiger partial charge in [0, 0.05) is 6.08 Å². The summed E-state index contributed by atoms with van der Waals surface area (Å²) in [5, 5.41) is 0. The van der Waals surface area contributed by atoms with Gasteiger partial charge in [0.15, 0.2) is 0 Å². The van der Waals surface area contributed by atoms with E-state index >= 15 is 0 Å². The third-order valence-corrected chi connectivity index (χ3v) is 3.64. The molecule has 0 aromatic heterocycles. The Labute approximate surface area is 85.3 Å². The second-order valence-corrected chi connectivity index (χ2v) is 4.42. The summed E-state index contributed by atoms with van der Waals surface area (Å²) >= 11 is 0. The van der Waals surface area contributed by atoms with Crippen LogP contribution in [0.5, 0.6) is 0 Å². The fraction of sp³-hybridized carbons (Fsp3) is 0.750. The molecule has 0 aromatic carbocycles. The first-order chi connectivity index (χ1) is 6.81. The van der Waals surface area contributed by atoms with Crippen molar-refractivity contribution in [1.29, 1.82) is 0 Å². The molecule has 2 rings (SSSR count). The molecule has 2 aliphatic carbocycles. The predicted molar refractivity (Wildman–Crippen MR) is 54.8 cm³/mol. The van der Waals surface area contributed by atoms with Crippen LogP contribution in [0.4, 0.5) is 0 Å². The number of carbonyl (C=O) groups is 1. The Bertz CT molecular complexity index is 231. The summed E-state index contributed by atoms with van der Waals surface area (Å²) in [6.45, 7) is 0. The number of allylic oxidation sites excluding steroid dienone is 1. The van der Waals surface area contributed by atoms with Crippen molar-refractivity contribution in [3.63, 3.8) is 0 Å². The van der Waals surface area contributed by atoms with Crippen molar-refractivity contribution in [1.82, 2.24) is 0 Å². The van der Waals surface area contributed by atoms with E-state index in [4.69, 9.17) is 4.74 Å². The molecule has 2 saturated carbocycles. The lowest BCUT2D eigenvalue weighted by atomic mass is 9.68. The lowest BCUT2D eigenvalue weighted by Gasteiger charge is -2.37. The van der Waals surface area contributed by atoms with Gasteiger partial charge in [-0.1, -0.05) is 18.4 Å². The van der Waals surface area contributed by atoms with Crippen LogP contribution in [-0.2, 0) is 9.53 Å². The van der Waals surface area contributed by atoms with Gasteiger partial charge in [0.1, 0.15) is 0 Å². The van der Waals surface area contributed by atoms with Crippen LogP contribution in [0.15, 0.2) is 11.6 Å². The zero-order chi connectivity index (χ0) is 9.97. The number of carbonyl (C=O) groups excluding carboxylic acids is 1. The van der Waals surface area contributed by atoms with Crippen molar-refractivity contribution in [2.45, 2.75) is 38.5 Å². The summed E-state index contributed by atoms with van der Waals surface area (Å²) < 4.78 is 4.70. The summed E-state index contributed by atoms with van der Waals surface area (Å²) in [6.07, 6.45) is 9.52. The predicted octanol–water partition coefficient (Wildman–Crippen LogP) is 2.69. The fourth-order valence-corrected chi connectivity index (χ4v) is 2.25. The lowest BCUT2D eigenvalue weighted by Crippen LogP contribution is -2.25. The molecule has 0 radical (unpaired) electrons. The molecule has 78 valence electrons. The molecule has 0 spiro atoms. The number of methoxy groups -OCH3 is 1. The summed E-state index contributed by atoms with van der Waals surface area (Å²) in [5.74, 6) is 1.22. The Hall–Kier alpha value is -0.790. The number of ether oxygens (including phenoxy) is 1. The molecule has 2 fully saturated rings. The summed E-state index contributed by atoms with van der Waals surface area (Å²) in [5.41, 5.74) is 1.38. The highest BCUT2D eigenvalue weighted by Crippen LogP contribution is 2.43. The van der Waals surface area contributed by atoms with Gasteiger partial charge in [0.2, 0.25) is 0 Å². The molecule has 2 nitrogen and oxygen atoms in total. The number of hydrogen-bond acceptors (Lipinski definition) is 2. The van der Waals surface area contributed by atoms with E-state index in [0.29, 0.717) is 11.8 Å². The molecule has 0 bridgehead atoms. The van der Waals surface area contributed by atoms with Crippen LogP contribution >= 0.6 is 0 Å². The zero-order valence-corrected chi connectivity index (χ0v) is 8.79. The average Bonchev–Trinajstić information content (AvgIpc) is 1.97. The van der Waals surface area contributed by atoms with Crippen molar-refractivity contribution in [3.05, 3.63) is 11.6 Å². The van der Waals surface area contributed by atoms with Crippen LogP contribution < -0.4 is 0 Å². The lowest BCUT2D eigenvalue weighted by molar-refractivity contribution is -0.135. The second kappa shape index (κ2) is 4.16. The Kier molecular flexibility index (Phi) is 2.90. The van der Waals surface area contributed by atoms with Crippen LogP contribution in [-0.4, -0.2) is 13.1 Å². The minimum atomic E-state index is -0.168. The van der Waals surface area contributed by atoms with E-state index in [1.807, 2.05) is 0 Å². The molecule has 14 heavy (non-hydrogen) atoms. The van der Waals surface area contributed by atoms with Gasteiger partial charge >= 0.3 is 5.97 Å². The van der Waals surface area contributed by atoms with Gasteiger partial charge in [-0.25, -0.2) is 4.79 Å². The van der Waals surface area contributed by atoms with Crippen LogP contribution in [0.1, 0.15) is 38.5 Å². The summed E-state index contributed by atoms with van der Waals surface area (Å²) in [7, 11) is 1.46. The minimum absolute atomic E-state index is 0.168. The maximum Gasteiger partial charge on any atom is 0.330 e. The zero-order valence-electron chi connectivity index (χ0n) is 8.79. The highest BCUT2D eigenvalue weighted by atomic mass is 16.5. The van der Waals surface area contributed by atoms with E-state index in [2.05, 4.69) is 0 Å². The van der Waals surface area contributed by atoms with Gasteiger partial charge < -0.3 is 4.74 Å². The second-order valence-electron chi connectivity index (χ2n) is 4.42. The van der Waals surface area contributed by atoms with Crippen LogP contribution in [0.25, 0.3) is 0 Å². The highest BCUT2D eigenvalue weighted by Gasteiger charge is 2.31.